The highest BCUT2D eigenvalue weighted by Gasteiger charge is 2.31. The van der Waals surface area contributed by atoms with Crippen LogP contribution in [0.25, 0.3) is 0 Å². The molecule has 0 saturated carbocycles. The Kier molecular flexibility index (Phi) is 8.57. The number of carbonyl (C=O) groups excluding carboxylic acids is 3. The molecule has 2 saturated heterocycles. The van der Waals surface area contributed by atoms with Crippen LogP contribution >= 0.6 is 11.8 Å². The highest BCUT2D eigenvalue weighted by Crippen LogP contribution is 2.27. The quantitative estimate of drug-likeness (QED) is 0.472. The third-order valence-electron chi connectivity index (χ3n) is 6.61. The number of hydrogen-bond donors (Lipinski definition) is 0. The number of ether oxygens (including phenoxy) is 1. The fraction of sp³-hybridized carbons (Fsp3) is 0.667. The van der Waals surface area contributed by atoms with Crippen molar-refractivity contribution >= 4 is 29.5 Å². The molecule has 1 aromatic heterocycles. The van der Waals surface area contributed by atoms with Gasteiger partial charge in [-0.3, -0.25) is 9.59 Å². The maximum Gasteiger partial charge on any atom is 0.341 e. The van der Waals surface area contributed by atoms with Crippen LogP contribution in [0.15, 0.2) is 23.4 Å². The van der Waals surface area contributed by atoms with E-state index in [0.717, 1.165) is 38.5 Å². The Balaban J connectivity index is 1.59. The van der Waals surface area contributed by atoms with Crippen molar-refractivity contribution in [1.29, 1.82) is 0 Å². The lowest BCUT2D eigenvalue weighted by atomic mass is 9.97. The molecule has 4 atom stereocenters. The van der Waals surface area contributed by atoms with Crippen molar-refractivity contribution in [2.75, 3.05) is 12.4 Å². The Bertz CT molecular complexity index is 813. The van der Waals surface area contributed by atoms with Gasteiger partial charge in [-0.2, -0.15) is 0 Å². The predicted molar refractivity (Wildman–Crippen MR) is 124 cm³/mol. The zero-order valence-electron chi connectivity index (χ0n) is 19.6. The first-order valence-electron chi connectivity index (χ1n) is 11.7. The van der Waals surface area contributed by atoms with E-state index in [1.165, 1.54) is 11.8 Å². The number of rotatable bonds is 6. The molecular weight excluding hydrogens is 426 g/mol. The maximum absolute atomic E-state index is 12.8. The molecule has 1 aromatic rings. The molecule has 32 heavy (non-hydrogen) atoms. The minimum absolute atomic E-state index is 0.0583. The van der Waals surface area contributed by atoms with Crippen LogP contribution < -0.4 is 0 Å². The molecular formula is C24H35N3O4S. The minimum Gasteiger partial charge on any atom is -0.452 e. The van der Waals surface area contributed by atoms with E-state index in [9.17, 15) is 14.4 Å². The Morgan fingerprint density at radius 1 is 0.938 bits per heavy atom. The second kappa shape index (κ2) is 11.2. The monoisotopic (exact) mass is 461 g/mol. The summed E-state index contributed by atoms with van der Waals surface area (Å²) < 4.78 is 5.36. The largest absolute Gasteiger partial charge is 0.452 e. The van der Waals surface area contributed by atoms with Crippen LogP contribution in [0, 0.1) is 0 Å². The SMILES string of the molecule is CC1CCCC(C)N1C(=O)COC(=O)c1cccnc1SCC(=O)N1C(C)CCCC1C. The van der Waals surface area contributed by atoms with Gasteiger partial charge >= 0.3 is 5.97 Å². The molecule has 3 heterocycles. The molecule has 0 spiro atoms. The first kappa shape index (κ1) is 24.6. The number of amides is 2. The summed E-state index contributed by atoms with van der Waals surface area (Å²) in [5.74, 6) is -0.478. The number of piperidine rings is 2. The van der Waals surface area contributed by atoms with E-state index < -0.39 is 5.97 Å². The Morgan fingerprint density at radius 2 is 1.47 bits per heavy atom. The molecule has 0 aromatic carbocycles. The summed E-state index contributed by atoms with van der Waals surface area (Å²) in [4.78, 5) is 46.3. The van der Waals surface area contributed by atoms with E-state index in [1.807, 2.05) is 23.6 Å². The van der Waals surface area contributed by atoms with Gasteiger partial charge in [0.2, 0.25) is 5.91 Å². The molecule has 176 valence electrons. The Morgan fingerprint density at radius 3 is 2.03 bits per heavy atom. The fourth-order valence-corrected chi connectivity index (χ4v) is 5.82. The molecule has 2 aliphatic rings. The van der Waals surface area contributed by atoms with Crippen LogP contribution in [0.5, 0.6) is 0 Å². The Labute approximate surface area is 195 Å². The van der Waals surface area contributed by atoms with Gasteiger partial charge in [0.05, 0.1) is 11.3 Å². The van der Waals surface area contributed by atoms with Crippen LogP contribution in [-0.4, -0.2) is 69.1 Å². The average Bonchev–Trinajstić information content (AvgIpc) is 2.76. The van der Waals surface area contributed by atoms with Gasteiger partial charge in [0.15, 0.2) is 6.61 Å². The van der Waals surface area contributed by atoms with Gasteiger partial charge in [0.1, 0.15) is 5.03 Å². The van der Waals surface area contributed by atoms with Gasteiger partial charge in [-0.05, 0) is 78.4 Å². The van der Waals surface area contributed by atoms with Crippen molar-refractivity contribution in [3.05, 3.63) is 23.9 Å². The number of nitrogens with zero attached hydrogens (tertiary/aromatic N) is 3. The zero-order chi connectivity index (χ0) is 23.3. The summed E-state index contributed by atoms with van der Waals surface area (Å²) in [6.07, 6.45) is 7.82. The maximum atomic E-state index is 12.8. The van der Waals surface area contributed by atoms with Crippen molar-refractivity contribution in [3.63, 3.8) is 0 Å². The van der Waals surface area contributed by atoms with Gasteiger partial charge in [-0.15, -0.1) is 0 Å². The molecule has 0 radical (unpaired) electrons. The fourth-order valence-electron chi connectivity index (χ4n) is 4.97. The van der Waals surface area contributed by atoms with Gasteiger partial charge in [-0.25, -0.2) is 9.78 Å². The first-order chi connectivity index (χ1) is 15.3. The molecule has 0 N–H and O–H groups in total. The van der Waals surface area contributed by atoms with E-state index in [-0.39, 0.29) is 53.9 Å². The van der Waals surface area contributed by atoms with Gasteiger partial charge < -0.3 is 14.5 Å². The van der Waals surface area contributed by atoms with E-state index in [4.69, 9.17) is 4.74 Å². The third-order valence-corrected chi connectivity index (χ3v) is 7.60. The highest BCUT2D eigenvalue weighted by atomic mass is 32.2. The van der Waals surface area contributed by atoms with Crippen molar-refractivity contribution in [1.82, 2.24) is 14.8 Å². The van der Waals surface area contributed by atoms with E-state index >= 15 is 0 Å². The number of esters is 1. The van der Waals surface area contributed by atoms with E-state index in [2.05, 4.69) is 18.8 Å². The minimum atomic E-state index is -0.585. The smallest absolute Gasteiger partial charge is 0.341 e. The summed E-state index contributed by atoms with van der Waals surface area (Å²) in [7, 11) is 0. The van der Waals surface area contributed by atoms with Gasteiger partial charge in [0.25, 0.3) is 5.91 Å². The molecule has 2 aliphatic heterocycles. The van der Waals surface area contributed by atoms with Crippen LogP contribution in [0.2, 0.25) is 0 Å². The van der Waals surface area contributed by atoms with Crippen LogP contribution in [0.1, 0.15) is 76.6 Å². The Hall–Kier alpha value is -2.09. The van der Waals surface area contributed by atoms with Crippen molar-refractivity contribution in [2.45, 2.75) is 95.4 Å². The van der Waals surface area contributed by atoms with Crippen molar-refractivity contribution < 1.29 is 19.1 Å². The summed E-state index contributed by atoms with van der Waals surface area (Å²) in [5, 5.41) is 0.454. The summed E-state index contributed by atoms with van der Waals surface area (Å²) in [6, 6.07) is 4.05. The lowest BCUT2D eigenvalue weighted by Crippen LogP contribution is -2.49. The molecule has 8 heteroatoms. The number of likely N-dealkylation sites (tertiary alicyclic amines) is 2. The molecule has 7 nitrogen and oxygen atoms in total. The van der Waals surface area contributed by atoms with E-state index in [0.29, 0.717) is 5.03 Å². The van der Waals surface area contributed by atoms with Gasteiger partial charge in [0, 0.05) is 30.4 Å². The third kappa shape index (κ3) is 5.82. The van der Waals surface area contributed by atoms with Crippen LogP contribution in [0.4, 0.5) is 0 Å². The zero-order valence-corrected chi connectivity index (χ0v) is 20.4. The molecule has 0 bridgehead atoms. The number of hydrogen-bond acceptors (Lipinski definition) is 6. The second-order valence-electron chi connectivity index (χ2n) is 9.08. The van der Waals surface area contributed by atoms with Crippen molar-refractivity contribution in [2.24, 2.45) is 0 Å². The molecule has 2 amide bonds. The topological polar surface area (TPSA) is 79.8 Å². The summed E-state index contributed by atoms with van der Waals surface area (Å²) in [6.45, 7) is 7.96. The van der Waals surface area contributed by atoms with E-state index in [1.54, 1.807) is 18.3 Å². The van der Waals surface area contributed by atoms with Crippen molar-refractivity contribution in [3.8, 4) is 0 Å². The highest BCUT2D eigenvalue weighted by molar-refractivity contribution is 8.00. The van der Waals surface area contributed by atoms with Gasteiger partial charge in [-0.1, -0.05) is 11.8 Å². The molecule has 4 unspecified atom stereocenters. The number of pyridine rings is 1. The second-order valence-corrected chi connectivity index (χ2v) is 10.0. The molecule has 2 fully saturated rings. The normalized spacial score (nSPS) is 26.0. The predicted octanol–water partition coefficient (Wildman–Crippen LogP) is 3.91. The summed E-state index contributed by atoms with van der Waals surface area (Å²) >= 11 is 1.25. The lowest BCUT2D eigenvalue weighted by molar-refractivity contribution is -0.140. The standard InChI is InChI=1S/C24H35N3O4S/c1-16-8-5-9-17(2)26(16)21(28)14-31-24(30)20-12-7-13-25-23(20)32-15-22(29)27-18(3)10-6-11-19(27)4/h7,12-13,16-19H,5-6,8-11,14-15H2,1-4H3. The average molecular weight is 462 g/mol. The lowest BCUT2D eigenvalue weighted by Gasteiger charge is -2.39. The summed E-state index contributed by atoms with van der Waals surface area (Å²) in [5.41, 5.74) is 0.289. The molecule has 3 rings (SSSR count). The first-order valence-corrected chi connectivity index (χ1v) is 12.7. The van der Waals surface area contributed by atoms with Crippen LogP contribution in [-0.2, 0) is 14.3 Å². The number of carbonyl (C=O) groups is 3. The number of thioether (sulfide) groups is 1. The number of aromatic nitrogens is 1. The molecule has 0 aliphatic carbocycles. The van der Waals surface area contributed by atoms with Crippen LogP contribution in [0.3, 0.4) is 0 Å².